The molecule has 0 radical (unpaired) electrons. The summed E-state index contributed by atoms with van der Waals surface area (Å²) < 4.78 is 16.2. The van der Waals surface area contributed by atoms with Crippen molar-refractivity contribution < 1.29 is 28.6 Å². The van der Waals surface area contributed by atoms with Gasteiger partial charge < -0.3 is 29.7 Å². The van der Waals surface area contributed by atoms with Crippen LogP contribution in [0.2, 0.25) is 0 Å². The van der Waals surface area contributed by atoms with Crippen LogP contribution in [0, 0.1) is 6.92 Å². The van der Waals surface area contributed by atoms with E-state index >= 15 is 0 Å². The zero-order valence-electron chi connectivity index (χ0n) is 17.1. The molecule has 0 unspecified atom stereocenters. The Hall–Kier alpha value is -3.59. The monoisotopic (exact) mass is 425 g/mol. The Kier molecular flexibility index (Phi) is 6.03. The van der Waals surface area contributed by atoms with Crippen LogP contribution in [0.4, 0.5) is 0 Å². The summed E-state index contributed by atoms with van der Waals surface area (Å²) in [5.74, 6) is -0.667. The van der Waals surface area contributed by atoms with Crippen molar-refractivity contribution in [2.75, 3.05) is 26.5 Å². The first-order valence-electron chi connectivity index (χ1n) is 9.95. The molecule has 1 saturated heterocycles. The summed E-state index contributed by atoms with van der Waals surface area (Å²) in [5, 5.41) is 5.11. The molecule has 1 atom stereocenters. The van der Waals surface area contributed by atoms with Gasteiger partial charge in [-0.1, -0.05) is 29.8 Å². The van der Waals surface area contributed by atoms with Crippen LogP contribution in [-0.4, -0.2) is 55.3 Å². The van der Waals surface area contributed by atoms with E-state index in [9.17, 15) is 14.4 Å². The number of nitrogens with zero attached hydrogens (tertiary/aromatic N) is 1. The van der Waals surface area contributed by atoms with E-state index < -0.39 is 18.0 Å². The summed E-state index contributed by atoms with van der Waals surface area (Å²) in [5.41, 5.74) is 2.44. The zero-order valence-corrected chi connectivity index (χ0v) is 17.1. The van der Waals surface area contributed by atoms with E-state index in [0.29, 0.717) is 30.2 Å². The maximum atomic E-state index is 12.9. The number of carbonyl (C=O) groups excluding carboxylic acids is 3. The molecule has 2 aliphatic rings. The quantitative estimate of drug-likeness (QED) is 0.691. The van der Waals surface area contributed by atoms with E-state index in [0.717, 1.165) is 11.1 Å². The minimum absolute atomic E-state index is 0.00702. The lowest BCUT2D eigenvalue weighted by atomic mass is 10.1. The summed E-state index contributed by atoms with van der Waals surface area (Å²) in [7, 11) is 0. The minimum atomic E-state index is -0.780. The molecule has 4 rings (SSSR count). The maximum absolute atomic E-state index is 12.9. The second kappa shape index (κ2) is 9.05. The van der Waals surface area contributed by atoms with Gasteiger partial charge in [-0.3, -0.25) is 14.4 Å². The fourth-order valence-corrected chi connectivity index (χ4v) is 3.35. The van der Waals surface area contributed by atoms with Crippen molar-refractivity contribution in [1.29, 1.82) is 0 Å². The Morgan fingerprint density at radius 2 is 1.74 bits per heavy atom. The number of nitrogens with one attached hydrogen (secondary N) is 2. The predicted molar refractivity (Wildman–Crippen MR) is 109 cm³/mol. The summed E-state index contributed by atoms with van der Waals surface area (Å²) in [6, 6.07) is 12.6. The lowest BCUT2D eigenvalue weighted by molar-refractivity contribution is -0.139. The van der Waals surface area contributed by atoms with Crippen molar-refractivity contribution in [3.8, 4) is 11.5 Å². The molecule has 31 heavy (non-hydrogen) atoms. The fourth-order valence-electron chi connectivity index (χ4n) is 3.35. The van der Waals surface area contributed by atoms with Gasteiger partial charge >= 0.3 is 11.8 Å². The van der Waals surface area contributed by atoms with Crippen molar-refractivity contribution in [2.24, 2.45) is 0 Å². The first-order chi connectivity index (χ1) is 15.0. The Balaban J connectivity index is 1.29. The molecule has 0 spiro atoms. The molecule has 0 aromatic heterocycles. The third-order valence-electron chi connectivity index (χ3n) is 5.09. The van der Waals surface area contributed by atoms with Crippen LogP contribution < -0.4 is 20.1 Å². The van der Waals surface area contributed by atoms with Crippen LogP contribution in [0.15, 0.2) is 42.5 Å². The first kappa shape index (κ1) is 20.7. The van der Waals surface area contributed by atoms with Gasteiger partial charge in [0.05, 0.1) is 13.2 Å². The van der Waals surface area contributed by atoms with Crippen LogP contribution in [0.1, 0.15) is 21.5 Å². The number of hydrogen-bond acceptors (Lipinski definition) is 6. The van der Waals surface area contributed by atoms with Gasteiger partial charge in [0.25, 0.3) is 5.91 Å². The molecule has 0 bridgehead atoms. The van der Waals surface area contributed by atoms with Crippen molar-refractivity contribution in [3.05, 3.63) is 59.2 Å². The predicted octanol–water partition coefficient (Wildman–Crippen LogP) is 0.955. The van der Waals surface area contributed by atoms with Crippen LogP contribution in [0.5, 0.6) is 11.5 Å². The summed E-state index contributed by atoms with van der Waals surface area (Å²) in [4.78, 5) is 38.6. The van der Waals surface area contributed by atoms with Crippen LogP contribution in [-0.2, 0) is 20.9 Å². The third kappa shape index (κ3) is 4.77. The van der Waals surface area contributed by atoms with Gasteiger partial charge in [-0.05, 0) is 30.7 Å². The normalized spacial score (nSPS) is 16.8. The van der Waals surface area contributed by atoms with E-state index in [1.54, 1.807) is 18.2 Å². The first-order valence-corrected chi connectivity index (χ1v) is 9.95. The number of carbonyl (C=O) groups is 3. The largest absolute Gasteiger partial charge is 0.454 e. The summed E-state index contributed by atoms with van der Waals surface area (Å²) in [6.45, 7) is 3.08. The summed E-state index contributed by atoms with van der Waals surface area (Å²) in [6.07, 6.45) is -0.660. The second-order valence-electron chi connectivity index (χ2n) is 7.27. The molecule has 2 aliphatic heterocycles. The van der Waals surface area contributed by atoms with Gasteiger partial charge in [-0.15, -0.1) is 0 Å². The van der Waals surface area contributed by atoms with Crippen molar-refractivity contribution in [1.82, 2.24) is 15.5 Å². The topological polar surface area (TPSA) is 106 Å². The zero-order chi connectivity index (χ0) is 21.8. The van der Waals surface area contributed by atoms with Gasteiger partial charge in [0, 0.05) is 18.7 Å². The van der Waals surface area contributed by atoms with E-state index in [2.05, 4.69) is 10.6 Å². The summed E-state index contributed by atoms with van der Waals surface area (Å²) >= 11 is 0. The molecule has 2 heterocycles. The average Bonchev–Trinajstić information content (AvgIpc) is 3.45. The van der Waals surface area contributed by atoms with E-state index in [1.807, 2.05) is 31.2 Å². The number of fused-ring (bicyclic) bond motifs is 1. The molecule has 2 aromatic carbocycles. The SMILES string of the molecule is Cc1ccc(CNC(=O)C(=O)NC[C@H]2OCCN2C(=O)c2ccc3c(c2)OCO3)cc1. The highest BCUT2D eigenvalue weighted by molar-refractivity contribution is 6.35. The van der Waals surface area contributed by atoms with Gasteiger partial charge in [0.1, 0.15) is 6.23 Å². The number of amides is 3. The average molecular weight is 425 g/mol. The Labute approximate surface area is 179 Å². The number of benzene rings is 2. The van der Waals surface area contributed by atoms with Gasteiger partial charge in [-0.25, -0.2) is 0 Å². The van der Waals surface area contributed by atoms with Gasteiger partial charge in [0.15, 0.2) is 11.5 Å². The molecule has 0 aliphatic carbocycles. The number of ether oxygens (including phenoxy) is 3. The molecule has 2 aromatic rings. The molecule has 3 amide bonds. The molecule has 162 valence electrons. The van der Waals surface area contributed by atoms with Crippen LogP contribution >= 0.6 is 0 Å². The highest BCUT2D eigenvalue weighted by Crippen LogP contribution is 2.33. The molecule has 2 N–H and O–H groups in total. The van der Waals surface area contributed by atoms with Crippen LogP contribution in [0.25, 0.3) is 0 Å². The fraction of sp³-hybridized carbons (Fsp3) is 0.318. The lowest BCUT2D eigenvalue weighted by Gasteiger charge is -2.23. The Bertz CT molecular complexity index is 991. The highest BCUT2D eigenvalue weighted by atomic mass is 16.7. The van der Waals surface area contributed by atoms with Crippen molar-refractivity contribution in [3.63, 3.8) is 0 Å². The number of rotatable bonds is 5. The number of hydrogen-bond donors (Lipinski definition) is 2. The molecule has 0 saturated carbocycles. The van der Waals surface area contributed by atoms with Gasteiger partial charge in [0.2, 0.25) is 6.79 Å². The standard InChI is InChI=1S/C22H23N3O6/c1-14-2-4-15(5-3-14)11-23-20(26)21(27)24-12-19-25(8-9-29-19)22(28)16-6-7-17-18(10-16)31-13-30-17/h2-7,10,19H,8-9,11-13H2,1H3,(H,23,26)(H,24,27)/t19-/m1/s1. The van der Waals surface area contributed by atoms with Gasteiger partial charge in [-0.2, -0.15) is 0 Å². The smallest absolute Gasteiger partial charge is 0.309 e. The highest BCUT2D eigenvalue weighted by Gasteiger charge is 2.32. The second-order valence-corrected chi connectivity index (χ2v) is 7.27. The van der Waals surface area contributed by atoms with E-state index in [4.69, 9.17) is 14.2 Å². The molecular formula is C22H23N3O6. The van der Waals surface area contributed by atoms with Crippen molar-refractivity contribution >= 4 is 17.7 Å². The number of aryl methyl sites for hydroxylation is 1. The Morgan fingerprint density at radius 3 is 2.55 bits per heavy atom. The minimum Gasteiger partial charge on any atom is -0.454 e. The molecule has 9 heteroatoms. The lowest BCUT2D eigenvalue weighted by Crippen LogP contribution is -2.47. The third-order valence-corrected chi connectivity index (χ3v) is 5.09. The molecule has 9 nitrogen and oxygen atoms in total. The Morgan fingerprint density at radius 1 is 1.00 bits per heavy atom. The molecule has 1 fully saturated rings. The maximum Gasteiger partial charge on any atom is 0.309 e. The van der Waals surface area contributed by atoms with Crippen molar-refractivity contribution in [2.45, 2.75) is 19.7 Å². The van der Waals surface area contributed by atoms with E-state index in [1.165, 1.54) is 4.90 Å². The van der Waals surface area contributed by atoms with Crippen LogP contribution in [0.3, 0.4) is 0 Å². The molecular weight excluding hydrogens is 402 g/mol. The van der Waals surface area contributed by atoms with E-state index in [-0.39, 0.29) is 25.8 Å².